The van der Waals surface area contributed by atoms with E-state index >= 15 is 0 Å². The smallest absolute Gasteiger partial charge is 0.387 e. The number of alkyl halides is 2. The van der Waals surface area contributed by atoms with Crippen LogP contribution in [0.2, 0.25) is 0 Å². The van der Waals surface area contributed by atoms with Gasteiger partial charge < -0.3 is 15.2 Å². The largest absolute Gasteiger partial charge is 0.493 e. The number of nitrogens with two attached hydrogens (primary N) is 1. The Morgan fingerprint density at radius 1 is 1.19 bits per heavy atom. The molecule has 0 atom stereocenters. The molecule has 6 nitrogen and oxygen atoms in total. The highest BCUT2D eigenvalue weighted by Crippen LogP contribution is 2.31. The molecule has 27 heavy (non-hydrogen) atoms. The fraction of sp³-hybridized carbons (Fsp3) is 0.105. The van der Waals surface area contributed by atoms with Crippen molar-refractivity contribution in [1.29, 1.82) is 5.26 Å². The zero-order valence-electron chi connectivity index (χ0n) is 14.2. The van der Waals surface area contributed by atoms with Crippen LogP contribution in [-0.2, 0) is 0 Å². The molecular weight excluding hydrogens is 354 g/mol. The van der Waals surface area contributed by atoms with Crippen LogP contribution in [0.1, 0.15) is 11.4 Å². The quantitative estimate of drug-likeness (QED) is 0.687. The lowest BCUT2D eigenvalue weighted by Crippen LogP contribution is -2.03. The van der Waals surface area contributed by atoms with Gasteiger partial charge in [-0.1, -0.05) is 18.2 Å². The first-order chi connectivity index (χ1) is 13.0. The maximum Gasteiger partial charge on any atom is 0.387 e. The fourth-order valence-corrected chi connectivity index (χ4v) is 2.50. The summed E-state index contributed by atoms with van der Waals surface area (Å²) in [6.45, 7) is -2.97. The van der Waals surface area contributed by atoms with Gasteiger partial charge in [-0.05, 0) is 35.9 Å². The first-order valence-electron chi connectivity index (χ1n) is 7.79. The van der Waals surface area contributed by atoms with Gasteiger partial charge in [-0.2, -0.15) is 14.0 Å². The second-order valence-corrected chi connectivity index (χ2v) is 5.41. The van der Waals surface area contributed by atoms with E-state index in [1.807, 2.05) is 12.1 Å². The number of ether oxygens (including phenoxy) is 2. The summed E-state index contributed by atoms with van der Waals surface area (Å²) in [6, 6.07) is 13.5. The SMILES string of the molecule is COc1cc(C=C(C#N)c2nc(N)c3ccccc3n2)ccc1OC(F)F. The van der Waals surface area contributed by atoms with Crippen molar-refractivity contribution >= 4 is 28.4 Å². The van der Waals surface area contributed by atoms with Gasteiger partial charge in [0.15, 0.2) is 17.3 Å². The minimum Gasteiger partial charge on any atom is -0.493 e. The van der Waals surface area contributed by atoms with E-state index < -0.39 is 6.61 Å². The topological polar surface area (TPSA) is 94.0 Å². The Hall–Kier alpha value is -3.73. The van der Waals surface area contributed by atoms with Crippen molar-refractivity contribution in [3.8, 4) is 17.6 Å². The van der Waals surface area contributed by atoms with Crippen LogP contribution in [0.15, 0.2) is 42.5 Å². The molecule has 2 aromatic carbocycles. The number of methoxy groups -OCH3 is 1. The standard InChI is InChI=1S/C19H14F2N4O2/c1-26-16-9-11(6-7-15(16)27-19(20)21)8-12(10-22)18-24-14-5-3-2-4-13(14)17(23)25-18/h2-9,19H,1H3,(H2,23,24,25). The minimum absolute atomic E-state index is 0.102. The highest BCUT2D eigenvalue weighted by atomic mass is 19.3. The number of nitrogen functional groups attached to an aromatic ring is 1. The molecule has 0 saturated carbocycles. The molecule has 0 radical (unpaired) electrons. The lowest BCUT2D eigenvalue weighted by Gasteiger charge is -2.10. The molecule has 0 aliphatic heterocycles. The fourth-order valence-electron chi connectivity index (χ4n) is 2.50. The second kappa shape index (κ2) is 7.66. The van der Waals surface area contributed by atoms with Crippen LogP contribution in [0.25, 0.3) is 22.6 Å². The van der Waals surface area contributed by atoms with Gasteiger partial charge in [0.2, 0.25) is 0 Å². The van der Waals surface area contributed by atoms with Crippen LogP contribution in [0.4, 0.5) is 14.6 Å². The van der Waals surface area contributed by atoms with Gasteiger partial charge in [-0.3, -0.25) is 0 Å². The molecule has 0 aliphatic rings. The molecule has 8 heteroatoms. The highest BCUT2D eigenvalue weighted by molar-refractivity contribution is 5.93. The molecule has 0 spiro atoms. The summed E-state index contributed by atoms with van der Waals surface area (Å²) in [5, 5.41) is 10.2. The predicted octanol–water partition coefficient (Wildman–Crippen LogP) is 3.89. The van der Waals surface area contributed by atoms with Crippen molar-refractivity contribution in [3.05, 3.63) is 53.9 Å². The van der Waals surface area contributed by atoms with E-state index in [4.69, 9.17) is 10.5 Å². The van der Waals surface area contributed by atoms with Gasteiger partial charge in [-0.25, -0.2) is 9.97 Å². The number of hydrogen-bond acceptors (Lipinski definition) is 6. The number of rotatable bonds is 5. The van der Waals surface area contributed by atoms with Gasteiger partial charge in [0.1, 0.15) is 11.9 Å². The third-order valence-corrected chi connectivity index (χ3v) is 3.71. The van der Waals surface area contributed by atoms with E-state index in [1.54, 1.807) is 18.2 Å². The van der Waals surface area contributed by atoms with E-state index in [-0.39, 0.29) is 28.7 Å². The number of fused-ring (bicyclic) bond motifs is 1. The Kier molecular flexibility index (Phi) is 5.13. The Balaban J connectivity index is 2.03. The Labute approximate surface area is 153 Å². The average Bonchev–Trinajstić information content (AvgIpc) is 2.66. The van der Waals surface area contributed by atoms with E-state index in [2.05, 4.69) is 14.7 Å². The van der Waals surface area contributed by atoms with Gasteiger partial charge in [0, 0.05) is 5.39 Å². The van der Waals surface area contributed by atoms with E-state index in [9.17, 15) is 14.0 Å². The number of aromatic nitrogens is 2. The number of benzene rings is 2. The first-order valence-corrected chi connectivity index (χ1v) is 7.79. The normalized spacial score (nSPS) is 11.4. The summed E-state index contributed by atoms with van der Waals surface area (Å²) in [4.78, 5) is 8.55. The number of allylic oxidation sites excluding steroid dienone is 1. The van der Waals surface area contributed by atoms with Gasteiger partial charge in [0.25, 0.3) is 0 Å². The molecular formula is C19H14F2N4O2. The van der Waals surface area contributed by atoms with Crippen molar-refractivity contribution in [2.24, 2.45) is 0 Å². The summed E-state index contributed by atoms with van der Waals surface area (Å²) >= 11 is 0. The Bertz CT molecular complexity index is 1060. The highest BCUT2D eigenvalue weighted by Gasteiger charge is 2.13. The lowest BCUT2D eigenvalue weighted by atomic mass is 10.1. The molecule has 1 aromatic heterocycles. The maximum absolute atomic E-state index is 12.4. The molecule has 0 fully saturated rings. The number of nitriles is 1. The lowest BCUT2D eigenvalue weighted by molar-refractivity contribution is -0.0512. The van der Waals surface area contributed by atoms with Crippen LogP contribution in [0, 0.1) is 11.3 Å². The molecule has 3 aromatic rings. The number of para-hydroxylation sites is 1. The minimum atomic E-state index is -2.97. The number of hydrogen-bond donors (Lipinski definition) is 1. The van der Waals surface area contributed by atoms with Crippen molar-refractivity contribution in [1.82, 2.24) is 9.97 Å². The zero-order valence-corrected chi connectivity index (χ0v) is 14.2. The second-order valence-electron chi connectivity index (χ2n) is 5.41. The molecule has 0 amide bonds. The number of halogens is 2. The van der Waals surface area contributed by atoms with E-state index in [0.717, 1.165) is 0 Å². The van der Waals surface area contributed by atoms with Gasteiger partial charge in [-0.15, -0.1) is 0 Å². The third kappa shape index (κ3) is 3.93. The average molecular weight is 368 g/mol. The molecule has 0 bridgehead atoms. The monoisotopic (exact) mass is 368 g/mol. The molecule has 2 N–H and O–H groups in total. The number of anilines is 1. The van der Waals surface area contributed by atoms with E-state index in [1.165, 1.54) is 31.4 Å². The predicted molar refractivity (Wildman–Crippen MR) is 97.1 cm³/mol. The molecule has 3 rings (SSSR count). The summed E-state index contributed by atoms with van der Waals surface area (Å²) in [7, 11) is 1.33. The van der Waals surface area contributed by atoms with Crippen LogP contribution < -0.4 is 15.2 Å². The summed E-state index contributed by atoms with van der Waals surface area (Å²) < 4.78 is 34.3. The zero-order chi connectivity index (χ0) is 19.4. The summed E-state index contributed by atoms with van der Waals surface area (Å²) in [5.74, 6) is 0.435. The summed E-state index contributed by atoms with van der Waals surface area (Å²) in [6.07, 6.45) is 1.51. The maximum atomic E-state index is 12.4. The molecule has 0 aliphatic carbocycles. The van der Waals surface area contributed by atoms with Crippen molar-refractivity contribution in [3.63, 3.8) is 0 Å². The molecule has 1 heterocycles. The molecule has 0 unspecified atom stereocenters. The van der Waals surface area contributed by atoms with Gasteiger partial charge in [0.05, 0.1) is 18.2 Å². The van der Waals surface area contributed by atoms with Crippen LogP contribution in [0.3, 0.4) is 0 Å². The van der Waals surface area contributed by atoms with Gasteiger partial charge >= 0.3 is 6.61 Å². The van der Waals surface area contributed by atoms with Crippen LogP contribution >= 0.6 is 0 Å². The van der Waals surface area contributed by atoms with Crippen molar-refractivity contribution < 1.29 is 18.3 Å². The molecule has 136 valence electrons. The summed E-state index contributed by atoms with van der Waals surface area (Å²) in [5.41, 5.74) is 7.26. The van der Waals surface area contributed by atoms with Crippen LogP contribution in [0.5, 0.6) is 11.5 Å². The Morgan fingerprint density at radius 3 is 2.67 bits per heavy atom. The van der Waals surface area contributed by atoms with Crippen molar-refractivity contribution in [2.45, 2.75) is 6.61 Å². The molecule has 0 saturated heterocycles. The van der Waals surface area contributed by atoms with E-state index in [0.29, 0.717) is 16.5 Å². The third-order valence-electron chi connectivity index (χ3n) is 3.71. The first kappa shape index (κ1) is 18.1. The van der Waals surface area contributed by atoms with Crippen LogP contribution in [-0.4, -0.2) is 23.7 Å². The number of nitrogens with zero attached hydrogens (tertiary/aromatic N) is 3. The van der Waals surface area contributed by atoms with Crippen molar-refractivity contribution in [2.75, 3.05) is 12.8 Å². The Morgan fingerprint density at radius 2 is 1.96 bits per heavy atom.